The standard InChI is InChI=1S/C11H19N3O2/c1-3-5-9(12-4-2)13-8-6-7-10(15)14-11(8)16/h3,8-9,12-13H,1,4-7H2,2H3,(H,14,15,16). The molecule has 0 aromatic heterocycles. The summed E-state index contributed by atoms with van der Waals surface area (Å²) in [4.78, 5) is 22.5. The second kappa shape index (κ2) is 6.40. The monoisotopic (exact) mass is 225 g/mol. The predicted molar refractivity (Wildman–Crippen MR) is 61.6 cm³/mol. The van der Waals surface area contributed by atoms with Crippen molar-refractivity contribution in [1.82, 2.24) is 16.0 Å². The molecule has 3 N–H and O–H groups in total. The van der Waals surface area contributed by atoms with Gasteiger partial charge < -0.3 is 5.32 Å². The molecule has 1 saturated heterocycles. The Balaban J connectivity index is 2.46. The molecule has 1 heterocycles. The normalized spacial score (nSPS) is 22.7. The van der Waals surface area contributed by atoms with Crippen molar-refractivity contribution in [3.05, 3.63) is 12.7 Å². The van der Waals surface area contributed by atoms with Gasteiger partial charge in [0.1, 0.15) is 0 Å². The van der Waals surface area contributed by atoms with E-state index in [4.69, 9.17) is 0 Å². The third-order valence-electron chi connectivity index (χ3n) is 2.49. The Morgan fingerprint density at radius 2 is 2.38 bits per heavy atom. The minimum atomic E-state index is -0.290. The van der Waals surface area contributed by atoms with E-state index in [1.165, 1.54) is 0 Å². The lowest BCUT2D eigenvalue weighted by Crippen LogP contribution is -2.56. The molecule has 5 nitrogen and oxygen atoms in total. The highest BCUT2D eigenvalue weighted by molar-refractivity contribution is 6.00. The zero-order valence-corrected chi connectivity index (χ0v) is 9.58. The number of nitrogens with one attached hydrogen (secondary N) is 3. The van der Waals surface area contributed by atoms with Gasteiger partial charge in [-0.3, -0.25) is 20.2 Å². The van der Waals surface area contributed by atoms with Gasteiger partial charge in [-0.25, -0.2) is 0 Å². The number of rotatable bonds is 6. The van der Waals surface area contributed by atoms with Crippen LogP contribution in [0.2, 0.25) is 0 Å². The van der Waals surface area contributed by atoms with Crippen molar-refractivity contribution in [2.24, 2.45) is 0 Å². The molecule has 0 aliphatic carbocycles. The summed E-state index contributed by atoms with van der Waals surface area (Å²) in [5.41, 5.74) is 0. The smallest absolute Gasteiger partial charge is 0.243 e. The minimum absolute atomic E-state index is 0.0338. The average Bonchev–Trinajstić information content (AvgIpc) is 2.23. The Kier molecular flexibility index (Phi) is 5.14. The first-order valence-corrected chi connectivity index (χ1v) is 5.61. The summed E-state index contributed by atoms with van der Waals surface area (Å²) >= 11 is 0. The van der Waals surface area contributed by atoms with Crippen LogP contribution in [0.1, 0.15) is 26.2 Å². The maximum Gasteiger partial charge on any atom is 0.243 e. The first kappa shape index (κ1) is 12.9. The van der Waals surface area contributed by atoms with Crippen molar-refractivity contribution in [2.45, 2.75) is 38.4 Å². The van der Waals surface area contributed by atoms with Gasteiger partial charge in [0.25, 0.3) is 0 Å². The van der Waals surface area contributed by atoms with Crippen molar-refractivity contribution >= 4 is 11.8 Å². The number of carbonyl (C=O) groups is 2. The molecule has 1 aliphatic heterocycles. The molecule has 5 heteroatoms. The SMILES string of the molecule is C=CCC(NCC)NC1CCC(=O)NC1=O. The summed E-state index contributed by atoms with van der Waals surface area (Å²) in [5.74, 6) is -0.421. The molecular formula is C11H19N3O2. The summed E-state index contributed by atoms with van der Waals surface area (Å²) in [6.07, 6.45) is 3.53. The third kappa shape index (κ3) is 3.75. The van der Waals surface area contributed by atoms with Crippen molar-refractivity contribution in [3.63, 3.8) is 0 Å². The van der Waals surface area contributed by atoms with Gasteiger partial charge in [-0.05, 0) is 19.4 Å². The van der Waals surface area contributed by atoms with Gasteiger partial charge in [0.15, 0.2) is 0 Å². The number of imide groups is 1. The molecular weight excluding hydrogens is 206 g/mol. The highest BCUT2D eigenvalue weighted by atomic mass is 16.2. The van der Waals surface area contributed by atoms with Crippen LogP contribution in [0.25, 0.3) is 0 Å². The van der Waals surface area contributed by atoms with Crippen molar-refractivity contribution in [3.8, 4) is 0 Å². The quantitative estimate of drug-likeness (QED) is 0.335. The fraction of sp³-hybridized carbons (Fsp3) is 0.636. The van der Waals surface area contributed by atoms with E-state index < -0.39 is 0 Å². The fourth-order valence-electron chi connectivity index (χ4n) is 1.72. The zero-order valence-electron chi connectivity index (χ0n) is 9.58. The maximum absolute atomic E-state index is 11.5. The Hall–Kier alpha value is -1.20. The first-order chi connectivity index (χ1) is 7.67. The lowest BCUT2D eigenvalue weighted by Gasteiger charge is -2.27. The van der Waals surface area contributed by atoms with Gasteiger partial charge >= 0.3 is 0 Å². The molecule has 0 aromatic carbocycles. The fourth-order valence-corrected chi connectivity index (χ4v) is 1.72. The Bertz CT molecular complexity index is 278. The van der Waals surface area contributed by atoms with E-state index >= 15 is 0 Å². The Morgan fingerprint density at radius 3 is 2.94 bits per heavy atom. The zero-order chi connectivity index (χ0) is 12.0. The topological polar surface area (TPSA) is 70.2 Å². The van der Waals surface area contributed by atoms with E-state index in [0.29, 0.717) is 12.8 Å². The van der Waals surface area contributed by atoms with Crippen LogP contribution in [0, 0.1) is 0 Å². The minimum Gasteiger partial charge on any atom is -0.302 e. The molecule has 0 saturated carbocycles. The highest BCUT2D eigenvalue weighted by Crippen LogP contribution is 2.05. The van der Waals surface area contributed by atoms with Gasteiger partial charge in [0, 0.05) is 6.42 Å². The van der Waals surface area contributed by atoms with Crippen LogP contribution in [0.3, 0.4) is 0 Å². The lowest BCUT2D eigenvalue weighted by atomic mass is 10.1. The number of hydrogen-bond acceptors (Lipinski definition) is 4. The van der Waals surface area contributed by atoms with Gasteiger partial charge in [-0.15, -0.1) is 6.58 Å². The molecule has 16 heavy (non-hydrogen) atoms. The van der Waals surface area contributed by atoms with Gasteiger partial charge in [-0.1, -0.05) is 13.0 Å². The van der Waals surface area contributed by atoms with E-state index in [1.54, 1.807) is 6.08 Å². The Labute approximate surface area is 95.7 Å². The van der Waals surface area contributed by atoms with Crippen LogP contribution in [-0.4, -0.2) is 30.6 Å². The predicted octanol–water partition coefficient (Wildman–Crippen LogP) is -0.107. The lowest BCUT2D eigenvalue weighted by molar-refractivity contribution is -0.134. The summed E-state index contributed by atoms with van der Waals surface area (Å²) in [7, 11) is 0. The van der Waals surface area contributed by atoms with Crippen LogP contribution in [0.5, 0.6) is 0 Å². The average molecular weight is 225 g/mol. The molecule has 2 amide bonds. The van der Waals surface area contributed by atoms with Gasteiger partial charge in [0.2, 0.25) is 11.8 Å². The molecule has 2 atom stereocenters. The number of hydrogen-bond donors (Lipinski definition) is 3. The summed E-state index contributed by atoms with van der Waals surface area (Å²) in [6.45, 7) is 6.49. The van der Waals surface area contributed by atoms with E-state index in [-0.39, 0.29) is 24.0 Å². The van der Waals surface area contributed by atoms with Crippen molar-refractivity contribution < 1.29 is 9.59 Å². The molecule has 0 spiro atoms. The van der Waals surface area contributed by atoms with E-state index in [0.717, 1.165) is 13.0 Å². The third-order valence-corrected chi connectivity index (χ3v) is 2.49. The molecule has 2 unspecified atom stereocenters. The Morgan fingerprint density at radius 1 is 1.62 bits per heavy atom. The number of carbonyl (C=O) groups excluding carboxylic acids is 2. The second-order valence-corrected chi connectivity index (χ2v) is 3.80. The highest BCUT2D eigenvalue weighted by Gasteiger charge is 2.27. The molecule has 0 aromatic rings. The van der Waals surface area contributed by atoms with Crippen LogP contribution >= 0.6 is 0 Å². The number of amides is 2. The molecule has 0 bridgehead atoms. The van der Waals surface area contributed by atoms with Gasteiger partial charge in [-0.2, -0.15) is 0 Å². The van der Waals surface area contributed by atoms with Crippen LogP contribution in [0.4, 0.5) is 0 Å². The molecule has 90 valence electrons. The second-order valence-electron chi connectivity index (χ2n) is 3.80. The first-order valence-electron chi connectivity index (χ1n) is 5.61. The van der Waals surface area contributed by atoms with Gasteiger partial charge in [0.05, 0.1) is 12.2 Å². The molecule has 0 radical (unpaired) electrons. The van der Waals surface area contributed by atoms with Crippen LogP contribution in [0.15, 0.2) is 12.7 Å². The van der Waals surface area contributed by atoms with E-state index in [1.807, 2.05) is 6.92 Å². The van der Waals surface area contributed by atoms with E-state index in [9.17, 15) is 9.59 Å². The molecule has 1 rings (SSSR count). The summed E-state index contributed by atoms with van der Waals surface area (Å²) < 4.78 is 0. The summed E-state index contributed by atoms with van der Waals surface area (Å²) in [5, 5.41) is 8.72. The largest absolute Gasteiger partial charge is 0.302 e. The molecule has 1 fully saturated rings. The van der Waals surface area contributed by atoms with Crippen LogP contribution in [-0.2, 0) is 9.59 Å². The van der Waals surface area contributed by atoms with Crippen molar-refractivity contribution in [2.75, 3.05) is 6.54 Å². The maximum atomic E-state index is 11.5. The molecule has 1 aliphatic rings. The van der Waals surface area contributed by atoms with Crippen LogP contribution < -0.4 is 16.0 Å². The van der Waals surface area contributed by atoms with E-state index in [2.05, 4.69) is 22.5 Å². The number of piperidine rings is 1. The van der Waals surface area contributed by atoms with Crippen molar-refractivity contribution in [1.29, 1.82) is 0 Å². The summed E-state index contributed by atoms with van der Waals surface area (Å²) in [6, 6.07) is -0.290.